The molecular weight excluding hydrogens is 498 g/mol. The molecule has 2 heterocycles. The molecule has 1 saturated heterocycles. The summed E-state index contributed by atoms with van der Waals surface area (Å²) < 4.78 is 23.5. The summed E-state index contributed by atoms with van der Waals surface area (Å²) in [7, 11) is 2.05. The molecular formula is C31H35NO7. The molecule has 6 rings (SSSR count). The van der Waals surface area contributed by atoms with E-state index in [1.165, 1.54) is 5.56 Å². The zero-order chi connectivity index (χ0) is 27.7. The van der Waals surface area contributed by atoms with Crippen LogP contribution < -0.4 is 4.74 Å². The third kappa shape index (κ3) is 3.87. The van der Waals surface area contributed by atoms with E-state index in [0.29, 0.717) is 24.2 Å². The molecule has 206 valence electrons. The molecule has 0 amide bonds. The van der Waals surface area contributed by atoms with Gasteiger partial charge < -0.3 is 29.0 Å². The average molecular weight is 534 g/mol. The van der Waals surface area contributed by atoms with E-state index in [4.69, 9.17) is 18.9 Å². The van der Waals surface area contributed by atoms with Crippen molar-refractivity contribution >= 4 is 12.1 Å². The third-order valence-corrected chi connectivity index (χ3v) is 8.71. The minimum absolute atomic E-state index is 0.0837. The lowest BCUT2D eigenvalue weighted by molar-refractivity contribution is -0.173. The number of hydrogen-bond acceptors (Lipinski definition) is 8. The monoisotopic (exact) mass is 533 g/mol. The maximum Gasteiger partial charge on any atom is 0.510 e. The standard InChI is InChI=1S/C31H35NO7/c1-18-11-12-20-17-22-31(35)14-13-21(26-30(31,15-16-32(22)5)23(20)24(18)37-26)36-27(33)25(19-9-7-6-8-10-19)38-28(34)39-29(2,3)4/h6-13,22,25-26,35H,14-17H2,1-5H3/t22-,25-,26+,30+,31-/m1/s1. The summed E-state index contributed by atoms with van der Waals surface area (Å²) in [6.07, 6.45) is 0.512. The molecule has 2 bridgehead atoms. The number of hydrogen-bond donors (Lipinski definition) is 1. The molecule has 1 spiro atoms. The van der Waals surface area contributed by atoms with Crippen LogP contribution in [0.4, 0.5) is 4.79 Å². The topological polar surface area (TPSA) is 94.5 Å². The molecule has 2 aromatic rings. The summed E-state index contributed by atoms with van der Waals surface area (Å²) in [6.45, 7) is 7.96. The molecule has 39 heavy (non-hydrogen) atoms. The fourth-order valence-electron chi connectivity index (χ4n) is 7.01. The molecule has 2 aliphatic carbocycles. The van der Waals surface area contributed by atoms with Crippen molar-refractivity contribution in [2.24, 2.45) is 0 Å². The molecule has 8 nitrogen and oxygen atoms in total. The summed E-state index contributed by atoms with van der Waals surface area (Å²) >= 11 is 0. The molecule has 2 aliphatic heterocycles. The van der Waals surface area contributed by atoms with E-state index in [2.05, 4.69) is 24.1 Å². The fourth-order valence-corrected chi connectivity index (χ4v) is 7.01. The van der Waals surface area contributed by atoms with Crippen LogP contribution in [0.25, 0.3) is 0 Å². The van der Waals surface area contributed by atoms with E-state index in [9.17, 15) is 14.7 Å². The van der Waals surface area contributed by atoms with E-state index in [1.54, 1.807) is 51.1 Å². The van der Waals surface area contributed by atoms with Crippen LogP contribution in [0, 0.1) is 6.92 Å². The van der Waals surface area contributed by atoms with Crippen molar-refractivity contribution in [3.05, 3.63) is 76.6 Å². The Balaban J connectivity index is 1.36. The molecule has 0 unspecified atom stereocenters. The van der Waals surface area contributed by atoms with Gasteiger partial charge in [-0.05, 0) is 71.3 Å². The number of piperidine rings is 1. The largest absolute Gasteiger partial charge is 0.510 e. The maximum absolute atomic E-state index is 13.7. The molecule has 1 N–H and O–H groups in total. The van der Waals surface area contributed by atoms with E-state index in [0.717, 1.165) is 29.8 Å². The first kappa shape index (κ1) is 25.9. The van der Waals surface area contributed by atoms with Crippen LogP contribution in [0.3, 0.4) is 0 Å². The van der Waals surface area contributed by atoms with Crippen molar-refractivity contribution in [2.75, 3.05) is 13.6 Å². The molecule has 2 aromatic carbocycles. The third-order valence-electron chi connectivity index (χ3n) is 8.71. The van der Waals surface area contributed by atoms with Gasteiger partial charge in [0.1, 0.15) is 17.1 Å². The van der Waals surface area contributed by atoms with Crippen molar-refractivity contribution < 1.29 is 33.6 Å². The summed E-state index contributed by atoms with van der Waals surface area (Å²) in [5, 5.41) is 12.3. The second-order valence-corrected chi connectivity index (χ2v) is 12.2. The number of nitrogens with zero attached hydrogens (tertiary/aromatic N) is 1. The Morgan fingerprint density at radius 2 is 1.90 bits per heavy atom. The van der Waals surface area contributed by atoms with Gasteiger partial charge >= 0.3 is 12.1 Å². The van der Waals surface area contributed by atoms with Gasteiger partial charge in [-0.2, -0.15) is 0 Å². The molecule has 0 aromatic heterocycles. The highest BCUT2D eigenvalue weighted by Crippen LogP contribution is 2.64. The number of likely N-dealkylation sites (tertiary alicyclic amines) is 1. The second-order valence-electron chi connectivity index (χ2n) is 12.2. The number of benzene rings is 2. The van der Waals surface area contributed by atoms with Crippen LogP contribution in [0.2, 0.25) is 0 Å². The van der Waals surface area contributed by atoms with Crippen molar-refractivity contribution in [1.29, 1.82) is 0 Å². The smallest absolute Gasteiger partial charge is 0.481 e. The first-order valence-electron chi connectivity index (χ1n) is 13.5. The first-order valence-corrected chi connectivity index (χ1v) is 13.5. The number of carbonyl (C=O) groups excluding carboxylic acids is 2. The SMILES string of the molecule is Cc1ccc2c3c1O[C@H]1C(OC(=O)[C@H](OC(=O)OC(C)(C)C)c4ccccc4)=CC[C@@]4(O)[C@@H](C2)N(C)CC[C@]314. The number of rotatable bonds is 4. The van der Waals surface area contributed by atoms with E-state index >= 15 is 0 Å². The van der Waals surface area contributed by atoms with Gasteiger partial charge in [0.15, 0.2) is 6.10 Å². The highest BCUT2D eigenvalue weighted by molar-refractivity contribution is 5.80. The molecule has 0 radical (unpaired) electrons. The summed E-state index contributed by atoms with van der Waals surface area (Å²) in [6, 6.07) is 12.8. The van der Waals surface area contributed by atoms with Crippen molar-refractivity contribution in [1.82, 2.24) is 4.90 Å². The Labute approximate surface area is 228 Å². The molecule has 4 aliphatic rings. The van der Waals surface area contributed by atoms with Gasteiger partial charge in [0, 0.05) is 23.6 Å². The summed E-state index contributed by atoms with van der Waals surface area (Å²) in [4.78, 5) is 28.5. The van der Waals surface area contributed by atoms with Gasteiger partial charge in [-0.15, -0.1) is 0 Å². The van der Waals surface area contributed by atoms with Crippen molar-refractivity contribution in [2.45, 2.75) is 81.8 Å². The van der Waals surface area contributed by atoms with Gasteiger partial charge in [0.25, 0.3) is 0 Å². The van der Waals surface area contributed by atoms with Crippen molar-refractivity contribution in [3.63, 3.8) is 0 Å². The van der Waals surface area contributed by atoms with Gasteiger partial charge in [-0.25, -0.2) is 9.59 Å². The number of likely N-dealkylation sites (N-methyl/N-ethyl adjacent to an activating group) is 1. The van der Waals surface area contributed by atoms with Gasteiger partial charge in [-0.3, -0.25) is 0 Å². The lowest BCUT2D eigenvalue weighted by atomic mass is 9.50. The van der Waals surface area contributed by atoms with Gasteiger partial charge in [0.2, 0.25) is 6.10 Å². The average Bonchev–Trinajstić information content (AvgIpc) is 3.23. The lowest BCUT2D eigenvalue weighted by Gasteiger charge is -2.61. The highest BCUT2D eigenvalue weighted by atomic mass is 16.7. The highest BCUT2D eigenvalue weighted by Gasteiger charge is 2.71. The Bertz CT molecular complexity index is 1360. The molecule has 1 fully saturated rings. The van der Waals surface area contributed by atoms with Crippen LogP contribution in [-0.2, 0) is 30.8 Å². The number of ether oxygens (including phenoxy) is 4. The summed E-state index contributed by atoms with van der Waals surface area (Å²) in [5.74, 6) is 0.356. The van der Waals surface area contributed by atoms with E-state index in [-0.39, 0.29) is 6.04 Å². The minimum atomic E-state index is -1.34. The van der Waals surface area contributed by atoms with Crippen LogP contribution >= 0.6 is 0 Å². The normalized spacial score (nSPS) is 29.4. The Morgan fingerprint density at radius 3 is 2.62 bits per heavy atom. The zero-order valence-electron chi connectivity index (χ0n) is 23.0. The number of carbonyl (C=O) groups is 2. The van der Waals surface area contributed by atoms with Crippen LogP contribution in [0.15, 0.2) is 54.3 Å². The van der Waals surface area contributed by atoms with E-state index < -0.39 is 40.9 Å². The quantitative estimate of drug-likeness (QED) is 0.574. The predicted octanol–water partition coefficient (Wildman–Crippen LogP) is 4.51. The number of aliphatic hydroxyl groups is 1. The second kappa shape index (κ2) is 8.83. The Morgan fingerprint density at radius 1 is 1.15 bits per heavy atom. The molecule has 8 heteroatoms. The first-order chi connectivity index (χ1) is 18.4. The zero-order valence-corrected chi connectivity index (χ0v) is 23.0. The van der Waals surface area contributed by atoms with Crippen LogP contribution in [0.1, 0.15) is 62.0 Å². The molecule has 5 atom stereocenters. The maximum atomic E-state index is 13.7. The number of esters is 1. The predicted molar refractivity (Wildman–Crippen MR) is 142 cm³/mol. The van der Waals surface area contributed by atoms with Gasteiger partial charge in [-0.1, -0.05) is 42.5 Å². The van der Waals surface area contributed by atoms with Gasteiger partial charge in [0.05, 0.1) is 11.0 Å². The van der Waals surface area contributed by atoms with Crippen LogP contribution in [0.5, 0.6) is 5.75 Å². The minimum Gasteiger partial charge on any atom is -0.481 e. The van der Waals surface area contributed by atoms with Crippen LogP contribution in [-0.4, -0.2) is 59.1 Å². The Kier molecular flexibility index (Phi) is 5.86. The fraction of sp³-hybridized carbons (Fsp3) is 0.484. The number of aryl methyl sites for hydroxylation is 1. The Hall–Kier alpha value is -3.36. The van der Waals surface area contributed by atoms with Crippen molar-refractivity contribution in [3.8, 4) is 5.75 Å². The van der Waals surface area contributed by atoms with E-state index in [1.807, 2.05) is 13.0 Å². The summed E-state index contributed by atoms with van der Waals surface area (Å²) in [5.41, 5.74) is 1.06. The molecule has 0 saturated carbocycles. The lowest BCUT2D eigenvalue weighted by Crippen LogP contribution is -2.74.